The smallest absolute Gasteiger partial charge is 0.271 e. The summed E-state index contributed by atoms with van der Waals surface area (Å²) in [5, 5.41) is 5.34. The molecule has 0 saturated carbocycles. The van der Waals surface area contributed by atoms with E-state index in [-0.39, 0.29) is 12.5 Å². The molecule has 1 amide bonds. The van der Waals surface area contributed by atoms with Gasteiger partial charge in [-0.15, -0.1) is 0 Å². The Morgan fingerprint density at radius 1 is 0.881 bits per heavy atom. The number of hydrogen-bond acceptors (Lipinski definition) is 4. The minimum Gasteiger partial charge on any atom is -0.493 e. The zero-order valence-electron chi connectivity index (χ0n) is 22.8. The van der Waals surface area contributed by atoms with Crippen LogP contribution in [0.1, 0.15) is 27.2 Å². The zero-order valence-corrected chi connectivity index (χ0v) is 25.0. The van der Waals surface area contributed by atoms with E-state index in [1.165, 1.54) is 13.3 Å². The quantitative estimate of drug-likeness (QED) is 0.133. The van der Waals surface area contributed by atoms with Crippen molar-refractivity contribution < 1.29 is 14.3 Å². The number of hydrazone groups is 1. The van der Waals surface area contributed by atoms with Crippen molar-refractivity contribution in [3.63, 3.8) is 0 Å². The maximum atomic E-state index is 12.8. The summed E-state index contributed by atoms with van der Waals surface area (Å²) in [6.07, 6.45) is 1.48. The van der Waals surface area contributed by atoms with E-state index in [9.17, 15) is 4.79 Å². The highest BCUT2D eigenvalue weighted by Crippen LogP contribution is 2.37. The highest BCUT2D eigenvalue weighted by Gasteiger charge is 2.14. The van der Waals surface area contributed by atoms with E-state index in [4.69, 9.17) is 44.3 Å². The molecule has 1 aromatic heterocycles. The van der Waals surface area contributed by atoms with Crippen molar-refractivity contribution in [3.8, 4) is 28.4 Å². The topological polar surface area (TPSA) is 64.8 Å². The molecule has 0 radical (unpaired) electrons. The fourth-order valence-electron chi connectivity index (χ4n) is 4.45. The van der Waals surface area contributed by atoms with E-state index in [1.54, 1.807) is 36.4 Å². The van der Waals surface area contributed by atoms with E-state index < -0.39 is 0 Å². The predicted molar refractivity (Wildman–Crippen MR) is 170 cm³/mol. The van der Waals surface area contributed by atoms with Gasteiger partial charge in [0.25, 0.3) is 5.91 Å². The minimum absolute atomic E-state index is 0.215. The highest BCUT2D eigenvalue weighted by molar-refractivity contribution is 6.42. The Bertz CT molecular complexity index is 1750. The van der Waals surface area contributed by atoms with Crippen LogP contribution in [0, 0.1) is 6.92 Å². The number of rotatable bonds is 9. The maximum absolute atomic E-state index is 12.8. The molecule has 212 valence electrons. The third-order valence-corrected chi connectivity index (χ3v) is 7.55. The second kappa shape index (κ2) is 13.2. The first-order valence-corrected chi connectivity index (χ1v) is 14.1. The van der Waals surface area contributed by atoms with Crippen molar-refractivity contribution in [2.24, 2.45) is 5.10 Å². The van der Waals surface area contributed by atoms with Crippen molar-refractivity contribution in [1.29, 1.82) is 0 Å². The predicted octanol–water partition coefficient (Wildman–Crippen LogP) is 8.76. The molecule has 5 rings (SSSR count). The van der Waals surface area contributed by atoms with Crippen LogP contribution < -0.4 is 14.9 Å². The van der Waals surface area contributed by atoms with Crippen LogP contribution in [0.3, 0.4) is 0 Å². The van der Waals surface area contributed by atoms with E-state index in [2.05, 4.69) is 46.3 Å². The lowest BCUT2D eigenvalue weighted by Crippen LogP contribution is -2.17. The second-order valence-electron chi connectivity index (χ2n) is 9.38. The fraction of sp³-hybridized carbons (Fsp3) is 0.0909. The first-order valence-electron chi connectivity index (χ1n) is 13.0. The van der Waals surface area contributed by atoms with Gasteiger partial charge in [-0.3, -0.25) is 4.79 Å². The molecular formula is C33H26Cl3N3O3. The van der Waals surface area contributed by atoms with Crippen LogP contribution in [0.2, 0.25) is 15.1 Å². The van der Waals surface area contributed by atoms with Crippen LogP contribution in [0.5, 0.6) is 11.5 Å². The molecule has 0 atom stereocenters. The van der Waals surface area contributed by atoms with Crippen molar-refractivity contribution in [1.82, 2.24) is 9.99 Å². The van der Waals surface area contributed by atoms with Crippen molar-refractivity contribution in [2.45, 2.75) is 13.5 Å². The van der Waals surface area contributed by atoms with Crippen LogP contribution >= 0.6 is 34.8 Å². The van der Waals surface area contributed by atoms with Gasteiger partial charge in [0.2, 0.25) is 0 Å². The summed E-state index contributed by atoms with van der Waals surface area (Å²) in [5.41, 5.74) is 8.72. The lowest BCUT2D eigenvalue weighted by molar-refractivity contribution is 0.0955. The monoisotopic (exact) mass is 617 g/mol. The zero-order chi connectivity index (χ0) is 29.6. The van der Waals surface area contributed by atoms with Gasteiger partial charge in [-0.25, -0.2) is 5.43 Å². The molecule has 5 aromatic rings. The summed E-state index contributed by atoms with van der Waals surface area (Å²) < 4.78 is 13.5. The molecule has 0 aliphatic heterocycles. The number of carbonyl (C=O) groups is 1. The summed E-state index contributed by atoms with van der Waals surface area (Å²) in [6, 6.07) is 30.4. The highest BCUT2D eigenvalue weighted by atomic mass is 35.5. The molecule has 0 aliphatic rings. The Balaban J connectivity index is 1.25. The molecule has 0 saturated heterocycles. The molecule has 6 nitrogen and oxygen atoms in total. The van der Waals surface area contributed by atoms with Gasteiger partial charge in [-0.2, -0.15) is 5.10 Å². The molecule has 1 heterocycles. The molecule has 0 unspecified atom stereocenters. The third kappa shape index (κ3) is 6.63. The third-order valence-electron chi connectivity index (χ3n) is 6.53. The van der Waals surface area contributed by atoms with Crippen LogP contribution in [-0.4, -0.2) is 23.8 Å². The van der Waals surface area contributed by atoms with Gasteiger partial charge < -0.3 is 14.0 Å². The van der Waals surface area contributed by atoms with Crippen LogP contribution in [0.15, 0.2) is 102 Å². The number of ether oxygens (including phenoxy) is 2. The van der Waals surface area contributed by atoms with Gasteiger partial charge >= 0.3 is 0 Å². The second-order valence-corrected chi connectivity index (χ2v) is 10.6. The summed E-state index contributed by atoms with van der Waals surface area (Å²) in [4.78, 5) is 12.8. The molecule has 0 fully saturated rings. The molecule has 9 heteroatoms. The van der Waals surface area contributed by atoms with Crippen LogP contribution in [-0.2, 0) is 6.61 Å². The normalized spacial score (nSPS) is 11.1. The number of carbonyl (C=O) groups excluding carboxylic acids is 1. The average molecular weight is 619 g/mol. The Kier molecular flexibility index (Phi) is 9.18. The van der Waals surface area contributed by atoms with E-state index in [0.717, 1.165) is 28.2 Å². The van der Waals surface area contributed by atoms with Gasteiger partial charge in [-0.05, 0) is 84.3 Å². The maximum Gasteiger partial charge on any atom is 0.271 e. The number of aromatic nitrogens is 1. The Morgan fingerprint density at radius 3 is 2.36 bits per heavy atom. The SMILES string of the molecule is COc1cc(/C=N/NC(=O)c2ccc(-n3c(C)ccc3-c3ccccc3)cc2)cc(Cl)c1OCc1ccc(Cl)c(Cl)c1. The van der Waals surface area contributed by atoms with Gasteiger partial charge in [0, 0.05) is 16.9 Å². The van der Waals surface area contributed by atoms with E-state index in [1.807, 2.05) is 36.4 Å². The van der Waals surface area contributed by atoms with Crippen LogP contribution in [0.4, 0.5) is 0 Å². The first-order chi connectivity index (χ1) is 20.3. The molecule has 4 aromatic carbocycles. The standard InChI is InChI=1S/C33H26Cl3N3O3/c1-21-8-15-30(24-6-4-3-5-7-24)39(21)26-12-10-25(11-13-26)33(40)38-37-19-23-17-29(36)32(31(18-23)41-2)42-20-22-9-14-27(34)28(35)16-22/h3-19H,20H2,1-2H3,(H,38,40)/b37-19+. The van der Waals surface area contributed by atoms with Gasteiger partial charge in [0.1, 0.15) is 6.61 Å². The molecule has 42 heavy (non-hydrogen) atoms. The molecule has 0 aliphatic carbocycles. The van der Waals surface area contributed by atoms with Gasteiger partial charge in [0.15, 0.2) is 11.5 Å². The summed E-state index contributed by atoms with van der Waals surface area (Å²) in [5.74, 6) is 0.450. The lowest BCUT2D eigenvalue weighted by Gasteiger charge is -2.13. The molecule has 1 N–H and O–H groups in total. The van der Waals surface area contributed by atoms with Crippen LogP contribution in [0.25, 0.3) is 16.9 Å². The van der Waals surface area contributed by atoms with Crippen molar-refractivity contribution in [2.75, 3.05) is 7.11 Å². The first kappa shape index (κ1) is 29.3. The van der Waals surface area contributed by atoms with Gasteiger partial charge in [-0.1, -0.05) is 71.2 Å². The van der Waals surface area contributed by atoms with Crippen molar-refractivity contribution >= 4 is 46.9 Å². The Hall–Kier alpha value is -4.23. The summed E-state index contributed by atoms with van der Waals surface area (Å²) in [6.45, 7) is 2.27. The largest absolute Gasteiger partial charge is 0.493 e. The summed E-state index contributed by atoms with van der Waals surface area (Å²) in [7, 11) is 1.52. The number of amides is 1. The lowest BCUT2D eigenvalue weighted by atomic mass is 10.1. The number of nitrogens with one attached hydrogen (secondary N) is 1. The number of halogens is 3. The summed E-state index contributed by atoms with van der Waals surface area (Å²) >= 11 is 18.6. The van der Waals surface area contributed by atoms with Gasteiger partial charge in [0.05, 0.1) is 34.1 Å². The number of aryl methyl sites for hydroxylation is 1. The number of nitrogens with zero attached hydrogens (tertiary/aromatic N) is 2. The molecular weight excluding hydrogens is 593 g/mol. The van der Waals surface area contributed by atoms with Crippen molar-refractivity contribution in [3.05, 3.63) is 135 Å². The van der Waals surface area contributed by atoms with E-state index in [0.29, 0.717) is 37.7 Å². The van der Waals surface area contributed by atoms with E-state index >= 15 is 0 Å². The molecule has 0 spiro atoms. The number of hydrogen-bond donors (Lipinski definition) is 1. The Labute approximate surface area is 259 Å². The fourth-order valence-corrected chi connectivity index (χ4v) is 5.04. The minimum atomic E-state index is -0.343. The number of methoxy groups -OCH3 is 1. The molecule has 0 bridgehead atoms. The Morgan fingerprint density at radius 2 is 1.64 bits per heavy atom. The number of benzene rings is 4. The average Bonchev–Trinajstić information content (AvgIpc) is 3.39.